The Labute approximate surface area is 228 Å². The minimum Gasteiger partial charge on any atom is -0.437 e. The van der Waals surface area contributed by atoms with E-state index in [1.54, 1.807) is 29.0 Å². The van der Waals surface area contributed by atoms with E-state index in [0.717, 1.165) is 17.7 Å². The molecular weight excluding hydrogens is 557 g/mol. The van der Waals surface area contributed by atoms with Crippen LogP contribution in [0, 0.1) is 18.3 Å². The van der Waals surface area contributed by atoms with Gasteiger partial charge in [-0.2, -0.15) is 18.4 Å². The Balaban J connectivity index is 1.75. The molecule has 0 bridgehead atoms. The fourth-order valence-corrected chi connectivity index (χ4v) is 4.18. The molecule has 39 heavy (non-hydrogen) atoms. The summed E-state index contributed by atoms with van der Waals surface area (Å²) in [6.45, 7) is 2.28. The molecule has 2 N–H and O–H groups in total. The Hall–Kier alpha value is -4.41. The van der Waals surface area contributed by atoms with Crippen LogP contribution >= 0.6 is 22.9 Å². The highest BCUT2D eigenvalue weighted by Gasteiger charge is 2.37. The molecule has 200 valence electrons. The summed E-state index contributed by atoms with van der Waals surface area (Å²) in [6.07, 6.45) is -3.26. The summed E-state index contributed by atoms with van der Waals surface area (Å²) in [5.74, 6) is -1.30. The second-order valence-corrected chi connectivity index (χ2v) is 9.36. The second-order valence-electron chi connectivity index (χ2n) is 8.17. The highest BCUT2D eigenvalue weighted by atomic mass is 35.5. The van der Waals surface area contributed by atoms with Crippen LogP contribution < -0.4 is 15.4 Å². The van der Waals surface area contributed by atoms with Crippen LogP contribution in [0.25, 0.3) is 5.82 Å². The maximum absolute atomic E-state index is 13.5. The SMILES string of the molecule is Cc1cc(C#N)cc(C(=O)NC(C)C(F)(F)F)c1NC(=O)c1cc(Oc2ccsc2)nn1-c1ncccc1Cl. The number of thiophene rings is 1. The van der Waals surface area contributed by atoms with Crippen LogP contribution in [0.4, 0.5) is 18.9 Å². The molecule has 0 aliphatic carbocycles. The van der Waals surface area contributed by atoms with Crippen LogP contribution in [0.15, 0.2) is 53.4 Å². The average Bonchev–Trinajstić information content (AvgIpc) is 3.55. The molecule has 4 aromatic rings. The van der Waals surface area contributed by atoms with Gasteiger partial charge in [0.05, 0.1) is 27.9 Å². The highest BCUT2D eigenvalue weighted by molar-refractivity contribution is 7.08. The Morgan fingerprint density at radius 3 is 2.64 bits per heavy atom. The van der Waals surface area contributed by atoms with Crippen molar-refractivity contribution in [3.63, 3.8) is 0 Å². The van der Waals surface area contributed by atoms with Crippen molar-refractivity contribution in [3.8, 4) is 23.5 Å². The maximum atomic E-state index is 13.5. The van der Waals surface area contributed by atoms with E-state index in [4.69, 9.17) is 16.3 Å². The van der Waals surface area contributed by atoms with Crippen LogP contribution in [0.1, 0.15) is 38.9 Å². The minimum atomic E-state index is -4.70. The lowest BCUT2D eigenvalue weighted by Crippen LogP contribution is -2.43. The molecular formula is C25H18ClF3N6O3S. The van der Waals surface area contributed by atoms with E-state index < -0.39 is 24.0 Å². The van der Waals surface area contributed by atoms with Crippen molar-refractivity contribution in [1.82, 2.24) is 20.1 Å². The fourth-order valence-electron chi connectivity index (χ4n) is 3.43. The molecule has 0 aliphatic rings. The Morgan fingerprint density at radius 1 is 1.23 bits per heavy atom. The summed E-state index contributed by atoms with van der Waals surface area (Å²) in [4.78, 5) is 30.5. The van der Waals surface area contributed by atoms with Gasteiger partial charge < -0.3 is 15.4 Å². The van der Waals surface area contributed by atoms with Gasteiger partial charge in [0.2, 0.25) is 5.88 Å². The maximum Gasteiger partial charge on any atom is 0.408 e. The number of anilines is 1. The number of benzene rings is 1. The minimum absolute atomic E-state index is 0.0204. The highest BCUT2D eigenvalue weighted by Crippen LogP contribution is 2.29. The molecule has 3 aromatic heterocycles. The zero-order chi connectivity index (χ0) is 28.3. The summed E-state index contributed by atoms with van der Waals surface area (Å²) in [6, 6.07) is 8.31. The van der Waals surface area contributed by atoms with Crippen molar-refractivity contribution >= 4 is 40.4 Å². The molecule has 1 aromatic carbocycles. The molecule has 9 nitrogen and oxygen atoms in total. The number of halogens is 4. The van der Waals surface area contributed by atoms with Gasteiger partial charge >= 0.3 is 6.18 Å². The first kappa shape index (κ1) is 27.6. The predicted molar refractivity (Wildman–Crippen MR) is 138 cm³/mol. The van der Waals surface area contributed by atoms with Crippen LogP contribution in [-0.2, 0) is 0 Å². The Kier molecular flexibility index (Phi) is 7.89. The number of carbonyl (C=O) groups is 2. The summed E-state index contributed by atoms with van der Waals surface area (Å²) < 4.78 is 46.1. The lowest BCUT2D eigenvalue weighted by molar-refractivity contribution is -0.149. The summed E-state index contributed by atoms with van der Waals surface area (Å²) in [5.41, 5.74) is -0.228. The number of amides is 2. The second kappa shape index (κ2) is 11.1. The zero-order valence-corrected chi connectivity index (χ0v) is 21.8. The van der Waals surface area contributed by atoms with Crippen LogP contribution in [0.5, 0.6) is 11.6 Å². The summed E-state index contributed by atoms with van der Waals surface area (Å²) >= 11 is 7.68. The molecule has 0 fully saturated rings. The van der Waals surface area contributed by atoms with E-state index in [1.807, 2.05) is 11.4 Å². The fraction of sp³-hybridized carbons (Fsp3) is 0.160. The van der Waals surface area contributed by atoms with Gasteiger partial charge in [-0.15, -0.1) is 16.4 Å². The van der Waals surface area contributed by atoms with E-state index in [-0.39, 0.29) is 44.8 Å². The van der Waals surface area contributed by atoms with Gasteiger partial charge in [-0.05, 0) is 55.1 Å². The van der Waals surface area contributed by atoms with Gasteiger partial charge in [0.15, 0.2) is 5.82 Å². The van der Waals surface area contributed by atoms with E-state index in [9.17, 15) is 28.0 Å². The quantitative estimate of drug-likeness (QED) is 0.284. The first-order valence-corrected chi connectivity index (χ1v) is 12.4. The van der Waals surface area contributed by atoms with Gasteiger partial charge in [-0.1, -0.05) is 11.6 Å². The number of ether oxygens (including phenoxy) is 1. The number of nitriles is 1. The summed E-state index contributed by atoms with van der Waals surface area (Å²) in [7, 11) is 0. The first-order chi connectivity index (χ1) is 18.5. The number of hydrogen-bond donors (Lipinski definition) is 2. The number of rotatable bonds is 7. The smallest absolute Gasteiger partial charge is 0.408 e. The van der Waals surface area contributed by atoms with Crippen LogP contribution in [-0.4, -0.2) is 38.8 Å². The number of carbonyl (C=O) groups excluding carboxylic acids is 2. The molecule has 1 atom stereocenters. The van der Waals surface area contributed by atoms with Crippen molar-refractivity contribution in [2.24, 2.45) is 0 Å². The molecule has 2 amide bonds. The normalized spacial score (nSPS) is 11.9. The van der Waals surface area contributed by atoms with Crippen LogP contribution in [0.3, 0.4) is 0 Å². The van der Waals surface area contributed by atoms with Gasteiger partial charge in [-0.25, -0.2) is 9.67 Å². The number of nitrogens with one attached hydrogen (secondary N) is 2. The number of pyridine rings is 1. The molecule has 0 saturated heterocycles. The third kappa shape index (κ3) is 6.19. The number of alkyl halides is 3. The van der Waals surface area contributed by atoms with E-state index in [2.05, 4.69) is 15.4 Å². The van der Waals surface area contributed by atoms with Gasteiger partial charge in [0, 0.05) is 17.6 Å². The number of aryl methyl sites for hydroxylation is 1. The van der Waals surface area contributed by atoms with Crippen molar-refractivity contribution in [2.75, 3.05) is 5.32 Å². The van der Waals surface area contributed by atoms with Crippen molar-refractivity contribution < 1.29 is 27.5 Å². The van der Waals surface area contributed by atoms with Gasteiger partial charge in [0.25, 0.3) is 11.8 Å². The van der Waals surface area contributed by atoms with E-state index in [1.165, 1.54) is 36.6 Å². The average molecular weight is 575 g/mol. The van der Waals surface area contributed by atoms with Gasteiger partial charge in [0.1, 0.15) is 17.5 Å². The molecule has 0 spiro atoms. The third-order valence-electron chi connectivity index (χ3n) is 5.36. The van der Waals surface area contributed by atoms with Crippen LogP contribution in [0.2, 0.25) is 5.02 Å². The Bertz CT molecular complexity index is 1580. The van der Waals surface area contributed by atoms with Crippen molar-refractivity contribution in [2.45, 2.75) is 26.1 Å². The third-order valence-corrected chi connectivity index (χ3v) is 6.32. The molecule has 14 heteroatoms. The Morgan fingerprint density at radius 2 is 2.00 bits per heavy atom. The molecule has 0 saturated carbocycles. The summed E-state index contributed by atoms with van der Waals surface area (Å²) in [5, 5.41) is 21.7. The number of aromatic nitrogens is 3. The topological polar surface area (TPSA) is 122 Å². The van der Waals surface area contributed by atoms with E-state index >= 15 is 0 Å². The lowest BCUT2D eigenvalue weighted by atomic mass is 10.0. The standard InChI is InChI=1S/C25H18ClF3N6O3S/c1-13-8-15(11-30)9-17(23(36)32-14(2)25(27,28)29)21(13)33-24(37)19-10-20(38-16-5-7-39-12-16)34-35(19)22-18(26)4-3-6-31-22/h3-10,12,14H,1-2H3,(H,32,36)(H,33,37). The lowest BCUT2D eigenvalue weighted by Gasteiger charge is -2.19. The largest absolute Gasteiger partial charge is 0.437 e. The molecule has 4 rings (SSSR count). The van der Waals surface area contributed by atoms with Crippen molar-refractivity contribution in [1.29, 1.82) is 5.26 Å². The number of hydrogen-bond acceptors (Lipinski definition) is 7. The number of nitrogens with zero attached hydrogens (tertiary/aromatic N) is 4. The van der Waals surface area contributed by atoms with Crippen molar-refractivity contribution in [3.05, 3.63) is 80.8 Å². The molecule has 0 aliphatic heterocycles. The molecule has 0 radical (unpaired) electrons. The van der Waals surface area contributed by atoms with Gasteiger partial charge in [-0.3, -0.25) is 9.59 Å². The first-order valence-electron chi connectivity index (χ1n) is 11.1. The van der Waals surface area contributed by atoms with E-state index in [0.29, 0.717) is 5.75 Å². The zero-order valence-electron chi connectivity index (χ0n) is 20.2. The molecule has 3 heterocycles. The predicted octanol–water partition coefficient (Wildman–Crippen LogP) is 5.89. The molecule has 1 unspecified atom stereocenters. The monoisotopic (exact) mass is 574 g/mol.